The number of aliphatic hydroxyl groups excluding tert-OH is 1. The molecular weight excluding hydrogens is 554 g/mol. The van der Waals surface area contributed by atoms with Gasteiger partial charge in [0.25, 0.3) is 5.91 Å². The van der Waals surface area contributed by atoms with Crippen molar-refractivity contribution in [2.45, 2.75) is 53.4 Å². The maximum Gasteiger partial charge on any atom is 0.251 e. The number of aliphatic hydroxyl groups is 1. The van der Waals surface area contributed by atoms with E-state index in [1.807, 2.05) is 26.2 Å². The Kier molecular flexibility index (Phi) is 14.3. The first kappa shape index (κ1) is 35.8. The number of carbonyl (C=O) groups excluding carboxylic acids is 3. The van der Waals surface area contributed by atoms with Crippen LogP contribution in [-0.4, -0.2) is 54.3 Å². The van der Waals surface area contributed by atoms with Crippen LogP contribution in [0.5, 0.6) is 11.5 Å². The molecule has 3 rings (SSSR count). The number of ketones is 1. The molecule has 44 heavy (non-hydrogen) atoms. The van der Waals surface area contributed by atoms with Crippen LogP contribution in [0.2, 0.25) is 0 Å². The lowest BCUT2D eigenvalue weighted by atomic mass is 9.94. The van der Waals surface area contributed by atoms with E-state index in [0.717, 1.165) is 48.2 Å². The number of benzene rings is 3. The molecule has 0 saturated carbocycles. The van der Waals surface area contributed by atoms with Gasteiger partial charge in [-0.1, -0.05) is 33.4 Å². The molecule has 2 amide bonds. The number of Topliss-reactive ketones (excluding diaryl/α,β-unsaturated/α-hetero) is 1. The van der Waals surface area contributed by atoms with Gasteiger partial charge in [0.1, 0.15) is 11.5 Å². The maximum absolute atomic E-state index is 12.9. The number of hydrogen-bond donors (Lipinski definition) is 3. The van der Waals surface area contributed by atoms with Crippen LogP contribution in [0.3, 0.4) is 0 Å². The van der Waals surface area contributed by atoms with Crippen molar-refractivity contribution in [1.82, 2.24) is 10.2 Å². The van der Waals surface area contributed by atoms with E-state index in [9.17, 15) is 14.4 Å². The molecule has 3 aromatic rings. The van der Waals surface area contributed by atoms with Gasteiger partial charge in [-0.15, -0.1) is 0 Å². The second kappa shape index (κ2) is 17.6. The number of amides is 2. The molecule has 0 aromatic heterocycles. The highest BCUT2D eigenvalue weighted by atomic mass is 16.5. The molecule has 0 spiro atoms. The van der Waals surface area contributed by atoms with Gasteiger partial charge in [-0.25, -0.2) is 0 Å². The van der Waals surface area contributed by atoms with Crippen LogP contribution < -0.4 is 26.2 Å². The number of carbonyl (C=O) groups is 3. The monoisotopic (exact) mass is 601 g/mol. The van der Waals surface area contributed by atoms with Crippen molar-refractivity contribution in [2.75, 3.05) is 26.7 Å². The number of nitrogens with one attached hydrogen (secondary N) is 1. The summed E-state index contributed by atoms with van der Waals surface area (Å²) in [5.74, 6) is 0.985. The van der Waals surface area contributed by atoms with Gasteiger partial charge in [0.15, 0.2) is 5.78 Å². The predicted molar refractivity (Wildman–Crippen MR) is 177 cm³/mol. The van der Waals surface area contributed by atoms with E-state index < -0.39 is 5.91 Å². The number of nitrogens with zero attached hydrogens (tertiary/aromatic N) is 1. The maximum atomic E-state index is 12.9. The quantitative estimate of drug-likeness (QED) is 0.203. The SMILES string of the molecule is C.C=c1ccc(C(=O)NCCO)c(C)/c1=C/N(C)CC(CCC)CCCC(=O)c1ccc(Oc2ccc(C(N)=O)cc2)cc1. The summed E-state index contributed by atoms with van der Waals surface area (Å²) in [6.07, 6.45) is 6.35. The van der Waals surface area contributed by atoms with Crippen molar-refractivity contribution in [1.29, 1.82) is 0 Å². The van der Waals surface area contributed by atoms with E-state index in [1.54, 1.807) is 54.6 Å². The highest BCUT2D eigenvalue weighted by Gasteiger charge is 2.14. The molecule has 0 bridgehead atoms. The molecule has 0 aliphatic carbocycles. The van der Waals surface area contributed by atoms with Crippen LogP contribution in [0, 0.1) is 12.8 Å². The fourth-order valence-electron chi connectivity index (χ4n) is 5.12. The molecule has 0 radical (unpaired) electrons. The minimum Gasteiger partial charge on any atom is -0.457 e. The van der Waals surface area contributed by atoms with Crippen molar-refractivity contribution < 1.29 is 24.2 Å². The van der Waals surface area contributed by atoms with Gasteiger partial charge in [-0.05, 0) is 97.5 Å². The standard InChI is InChI=1S/C35H43N3O5.CH4/c1-5-7-26(22-38(4)23-32-24(2)10-19-31(25(32)3)35(42)37-20-21-39)8-6-9-33(40)27-11-15-29(16-12-27)43-30-17-13-28(14-18-30)34(36)41;/h10-19,23,26,39H,2,5-9,20-22H2,1,3-4H3,(H2,36,41)(H,37,42);1H4/b32-23+;. The Morgan fingerprint density at radius 3 is 2.18 bits per heavy atom. The lowest BCUT2D eigenvalue weighted by Crippen LogP contribution is -2.35. The van der Waals surface area contributed by atoms with E-state index in [4.69, 9.17) is 15.6 Å². The molecule has 0 heterocycles. The largest absolute Gasteiger partial charge is 0.457 e. The van der Waals surface area contributed by atoms with Crippen LogP contribution in [0.4, 0.5) is 0 Å². The lowest BCUT2D eigenvalue weighted by Gasteiger charge is -2.23. The molecule has 236 valence electrons. The molecule has 0 aliphatic rings. The van der Waals surface area contributed by atoms with Gasteiger partial charge in [0.2, 0.25) is 5.91 Å². The fourth-order valence-corrected chi connectivity index (χ4v) is 5.12. The zero-order valence-electron chi connectivity index (χ0n) is 25.4. The number of hydrogen-bond acceptors (Lipinski definition) is 6. The van der Waals surface area contributed by atoms with E-state index in [0.29, 0.717) is 40.5 Å². The van der Waals surface area contributed by atoms with E-state index in [1.165, 1.54) is 0 Å². The minimum absolute atomic E-state index is 0. The third-order valence-corrected chi connectivity index (χ3v) is 7.41. The van der Waals surface area contributed by atoms with Crippen molar-refractivity contribution >= 4 is 30.4 Å². The molecule has 3 aromatic carbocycles. The zero-order chi connectivity index (χ0) is 31.4. The van der Waals surface area contributed by atoms with Crippen molar-refractivity contribution in [3.8, 4) is 11.5 Å². The predicted octanol–water partition coefficient (Wildman–Crippen LogP) is 4.79. The molecular formula is C36H47N3O5. The Morgan fingerprint density at radius 2 is 1.61 bits per heavy atom. The van der Waals surface area contributed by atoms with Gasteiger partial charge in [-0.3, -0.25) is 14.4 Å². The average Bonchev–Trinajstić information content (AvgIpc) is 2.98. The van der Waals surface area contributed by atoms with Crippen molar-refractivity contribution in [3.63, 3.8) is 0 Å². The summed E-state index contributed by atoms with van der Waals surface area (Å²) in [5.41, 5.74) is 7.76. The van der Waals surface area contributed by atoms with E-state index in [2.05, 4.69) is 23.7 Å². The van der Waals surface area contributed by atoms with Crippen molar-refractivity contribution in [2.24, 2.45) is 11.7 Å². The molecule has 0 aliphatic heterocycles. The highest BCUT2D eigenvalue weighted by Crippen LogP contribution is 2.23. The average molecular weight is 602 g/mol. The summed E-state index contributed by atoms with van der Waals surface area (Å²) < 4.78 is 5.81. The zero-order valence-corrected chi connectivity index (χ0v) is 25.4. The third kappa shape index (κ3) is 10.4. The normalized spacial score (nSPS) is 11.8. The van der Waals surface area contributed by atoms with Crippen LogP contribution in [0.25, 0.3) is 12.8 Å². The first-order valence-electron chi connectivity index (χ1n) is 14.7. The minimum atomic E-state index is -0.493. The number of primary amides is 1. The van der Waals surface area contributed by atoms with Gasteiger partial charge in [-0.2, -0.15) is 0 Å². The molecule has 8 nitrogen and oxygen atoms in total. The Labute approximate surface area is 261 Å². The lowest BCUT2D eigenvalue weighted by molar-refractivity contribution is 0.0941. The van der Waals surface area contributed by atoms with Crippen LogP contribution in [0.15, 0.2) is 60.7 Å². The number of ether oxygens (including phenoxy) is 1. The number of nitrogens with two attached hydrogens (primary N) is 1. The van der Waals surface area contributed by atoms with Gasteiger partial charge < -0.3 is 25.8 Å². The highest BCUT2D eigenvalue weighted by molar-refractivity contribution is 5.96. The molecule has 0 fully saturated rings. The van der Waals surface area contributed by atoms with Gasteiger partial charge >= 0.3 is 0 Å². The molecule has 0 saturated heterocycles. The summed E-state index contributed by atoms with van der Waals surface area (Å²) in [5, 5.41) is 13.5. The smallest absolute Gasteiger partial charge is 0.251 e. The number of rotatable bonds is 16. The fraction of sp³-hybridized carbons (Fsp3) is 0.361. The Hall–Kier alpha value is -4.43. The summed E-state index contributed by atoms with van der Waals surface area (Å²) in [7, 11) is 2.03. The van der Waals surface area contributed by atoms with Gasteiger partial charge in [0, 0.05) is 54.7 Å². The first-order valence-corrected chi connectivity index (χ1v) is 14.7. The van der Waals surface area contributed by atoms with E-state index in [-0.39, 0.29) is 32.3 Å². The Bertz CT molecular complexity index is 1500. The first-order chi connectivity index (χ1) is 20.6. The molecule has 1 atom stereocenters. The second-order valence-corrected chi connectivity index (χ2v) is 10.8. The summed E-state index contributed by atoms with van der Waals surface area (Å²) in [4.78, 5) is 38.8. The molecule has 1 unspecified atom stereocenters. The second-order valence-electron chi connectivity index (χ2n) is 10.8. The van der Waals surface area contributed by atoms with Crippen molar-refractivity contribution in [3.05, 3.63) is 93.4 Å². The van der Waals surface area contributed by atoms with Crippen LogP contribution >= 0.6 is 0 Å². The van der Waals surface area contributed by atoms with Gasteiger partial charge in [0.05, 0.1) is 6.61 Å². The van der Waals surface area contributed by atoms with Crippen LogP contribution in [0.1, 0.15) is 83.1 Å². The Balaban J connectivity index is 0.00000675. The molecule has 8 heteroatoms. The Morgan fingerprint density at radius 1 is 1.00 bits per heavy atom. The molecule has 4 N–H and O–H groups in total. The summed E-state index contributed by atoms with van der Waals surface area (Å²) in [6, 6.07) is 17.3. The third-order valence-electron chi connectivity index (χ3n) is 7.41. The topological polar surface area (TPSA) is 122 Å². The van der Waals surface area contributed by atoms with E-state index >= 15 is 0 Å². The van der Waals surface area contributed by atoms with Crippen LogP contribution in [-0.2, 0) is 0 Å². The summed E-state index contributed by atoms with van der Waals surface area (Å²) in [6.45, 7) is 9.17. The summed E-state index contributed by atoms with van der Waals surface area (Å²) >= 11 is 0.